The van der Waals surface area contributed by atoms with E-state index in [9.17, 15) is 9.59 Å². The maximum Gasteiger partial charge on any atom is 0.322 e. The summed E-state index contributed by atoms with van der Waals surface area (Å²) in [6, 6.07) is 5.88. The van der Waals surface area contributed by atoms with Gasteiger partial charge in [0, 0.05) is 32.1 Å². The molecule has 0 saturated carbocycles. The van der Waals surface area contributed by atoms with Crippen molar-refractivity contribution in [3.8, 4) is 5.75 Å². The van der Waals surface area contributed by atoms with Gasteiger partial charge in [-0.25, -0.2) is 4.79 Å². The van der Waals surface area contributed by atoms with E-state index < -0.39 is 0 Å². The van der Waals surface area contributed by atoms with Crippen molar-refractivity contribution in [2.75, 3.05) is 32.1 Å². The van der Waals surface area contributed by atoms with Crippen molar-refractivity contribution in [2.24, 2.45) is 0 Å². The average Bonchev–Trinajstić information content (AvgIpc) is 3.05. The minimum Gasteiger partial charge on any atom is -0.495 e. The van der Waals surface area contributed by atoms with Gasteiger partial charge in [0.15, 0.2) is 0 Å². The Balaban J connectivity index is 1.64. The second kappa shape index (κ2) is 8.43. The largest absolute Gasteiger partial charge is 0.495 e. The summed E-state index contributed by atoms with van der Waals surface area (Å²) in [6.07, 6.45) is 5.64. The quantitative estimate of drug-likeness (QED) is 0.876. The highest BCUT2D eigenvalue weighted by molar-refractivity contribution is 5.91. The van der Waals surface area contributed by atoms with E-state index in [0.717, 1.165) is 57.3 Å². The third-order valence-electron chi connectivity index (χ3n) is 5.39. The summed E-state index contributed by atoms with van der Waals surface area (Å²) in [7, 11) is 1.61. The fraction of sp³-hybridized carbons (Fsp3) is 0.600. The summed E-state index contributed by atoms with van der Waals surface area (Å²) < 4.78 is 5.36. The number of carbonyl (C=O) groups is 2. The van der Waals surface area contributed by atoms with Gasteiger partial charge in [0.1, 0.15) is 5.75 Å². The number of nitrogens with zero attached hydrogens (tertiary/aromatic N) is 2. The summed E-state index contributed by atoms with van der Waals surface area (Å²) in [5.74, 6) is 0.918. The molecule has 3 amide bonds. The Hall–Kier alpha value is -2.24. The van der Waals surface area contributed by atoms with E-state index in [1.54, 1.807) is 7.11 Å². The minimum atomic E-state index is -0.0775. The molecular formula is C20H29N3O3. The number of hydrogen-bond donors (Lipinski definition) is 1. The molecule has 6 nitrogen and oxygen atoms in total. The maximum absolute atomic E-state index is 12.9. The summed E-state index contributed by atoms with van der Waals surface area (Å²) in [6.45, 7) is 4.36. The fourth-order valence-corrected chi connectivity index (χ4v) is 3.92. The van der Waals surface area contributed by atoms with Gasteiger partial charge in [-0.15, -0.1) is 0 Å². The van der Waals surface area contributed by atoms with Crippen LogP contribution >= 0.6 is 0 Å². The van der Waals surface area contributed by atoms with E-state index in [4.69, 9.17) is 4.74 Å². The molecule has 6 heteroatoms. The van der Waals surface area contributed by atoms with E-state index in [-0.39, 0.29) is 18.0 Å². The van der Waals surface area contributed by atoms with Crippen molar-refractivity contribution in [3.05, 3.63) is 23.8 Å². The highest BCUT2D eigenvalue weighted by Crippen LogP contribution is 2.27. The van der Waals surface area contributed by atoms with Crippen LogP contribution in [0.5, 0.6) is 5.75 Å². The van der Waals surface area contributed by atoms with Gasteiger partial charge < -0.3 is 19.9 Å². The van der Waals surface area contributed by atoms with Gasteiger partial charge in [-0.2, -0.15) is 0 Å². The number of piperidine rings is 1. The molecule has 2 aliphatic heterocycles. The first kappa shape index (κ1) is 18.5. The molecule has 0 spiro atoms. The predicted octanol–water partition coefficient (Wildman–Crippen LogP) is 3.40. The van der Waals surface area contributed by atoms with Crippen LogP contribution in [0.25, 0.3) is 0 Å². The van der Waals surface area contributed by atoms with Crippen molar-refractivity contribution in [1.82, 2.24) is 9.80 Å². The SMILES string of the molecule is COc1ccc(C)cc1NC(=O)N1CCCC[C@@H]1CCN1CCCC1=O. The van der Waals surface area contributed by atoms with Gasteiger partial charge in [-0.3, -0.25) is 4.79 Å². The van der Waals surface area contributed by atoms with E-state index in [1.807, 2.05) is 34.9 Å². The number of aryl methyl sites for hydroxylation is 1. The van der Waals surface area contributed by atoms with Gasteiger partial charge in [0.2, 0.25) is 5.91 Å². The van der Waals surface area contributed by atoms with Gasteiger partial charge in [-0.1, -0.05) is 6.07 Å². The Morgan fingerprint density at radius 2 is 2.12 bits per heavy atom. The van der Waals surface area contributed by atoms with Crippen molar-refractivity contribution < 1.29 is 14.3 Å². The molecule has 2 saturated heterocycles. The van der Waals surface area contributed by atoms with Crippen LogP contribution < -0.4 is 10.1 Å². The molecule has 1 atom stereocenters. The number of urea groups is 1. The Morgan fingerprint density at radius 1 is 1.27 bits per heavy atom. The molecule has 142 valence electrons. The number of rotatable bonds is 5. The number of nitrogens with one attached hydrogen (secondary N) is 1. The van der Waals surface area contributed by atoms with Crippen molar-refractivity contribution >= 4 is 17.6 Å². The maximum atomic E-state index is 12.9. The molecule has 0 aromatic heterocycles. The van der Waals surface area contributed by atoms with Crippen LogP contribution in [0.4, 0.5) is 10.5 Å². The number of benzene rings is 1. The first-order chi connectivity index (χ1) is 12.6. The van der Waals surface area contributed by atoms with Crippen LogP contribution in [-0.4, -0.2) is 54.5 Å². The molecule has 0 radical (unpaired) electrons. The number of carbonyl (C=O) groups excluding carboxylic acids is 2. The molecular weight excluding hydrogens is 330 g/mol. The van der Waals surface area contributed by atoms with Gasteiger partial charge >= 0.3 is 6.03 Å². The summed E-state index contributed by atoms with van der Waals surface area (Å²) >= 11 is 0. The van der Waals surface area contributed by atoms with Crippen molar-refractivity contribution in [3.63, 3.8) is 0 Å². The predicted molar refractivity (Wildman–Crippen MR) is 102 cm³/mol. The van der Waals surface area contributed by atoms with Crippen LogP contribution in [-0.2, 0) is 4.79 Å². The van der Waals surface area contributed by atoms with Crippen LogP contribution in [0.1, 0.15) is 44.1 Å². The zero-order chi connectivity index (χ0) is 18.5. The normalized spacial score (nSPS) is 20.4. The van der Waals surface area contributed by atoms with Crippen LogP contribution in [0.15, 0.2) is 18.2 Å². The van der Waals surface area contributed by atoms with E-state index in [0.29, 0.717) is 17.9 Å². The molecule has 26 heavy (non-hydrogen) atoms. The number of methoxy groups -OCH3 is 1. The lowest BCUT2D eigenvalue weighted by atomic mass is 9.99. The Morgan fingerprint density at radius 3 is 2.85 bits per heavy atom. The third-order valence-corrected chi connectivity index (χ3v) is 5.39. The highest BCUT2D eigenvalue weighted by atomic mass is 16.5. The van der Waals surface area contributed by atoms with Crippen LogP contribution in [0.3, 0.4) is 0 Å². The lowest BCUT2D eigenvalue weighted by Crippen LogP contribution is -2.47. The number of ether oxygens (including phenoxy) is 1. The highest BCUT2D eigenvalue weighted by Gasteiger charge is 2.29. The Labute approximate surface area is 155 Å². The molecule has 0 unspecified atom stereocenters. The number of anilines is 1. The number of hydrogen-bond acceptors (Lipinski definition) is 3. The van der Waals surface area contributed by atoms with Crippen LogP contribution in [0.2, 0.25) is 0 Å². The van der Waals surface area contributed by atoms with Gasteiger partial charge in [0.05, 0.1) is 12.8 Å². The lowest BCUT2D eigenvalue weighted by Gasteiger charge is -2.36. The van der Waals surface area contributed by atoms with Crippen molar-refractivity contribution in [1.29, 1.82) is 0 Å². The summed E-state index contributed by atoms with van der Waals surface area (Å²) in [4.78, 5) is 28.6. The molecule has 0 aliphatic carbocycles. The van der Waals surface area contributed by atoms with Gasteiger partial charge in [-0.05, 0) is 56.7 Å². The summed E-state index contributed by atoms with van der Waals surface area (Å²) in [5, 5.41) is 3.02. The zero-order valence-corrected chi connectivity index (χ0v) is 15.8. The molecule has 2 fully saturated rings. The molecule has 2 heterocycles. The molecule has 1 aromatic rings. The molecule has 1 N–H and O–H groups in total. The molecule has 2 aliphatic rings. The topological polar surface area (TPSA) is 61.9 Å². The van der Waals surface area contributed by atoms with Gasteiger partial charge in [0.25, 0.3) is 0 Å². The molecule has 3 rings (SSSR count). The number of amides is 3. The second-order valence-electron chi connectivity index (χ2n) is 7.25. The van der Waals surface area contributed by atoms with E-state index in [1.165, 1.54) is 0 Å². The Bertz CT molecular complexity index is 662. The first-order valence-electron chi connectivity index (χ1n) is 9.58. The lowest BCUT2D eigenvalue weighted by molar-refractivity contribution is -0.127. The molecule has 0 bridgehead atoms. The van der Waals surface area contributed by atoms with Crippen LogP contribution in [0, 0.1) is 6.92 Å². The van der Waals surface area contributed by atoms with Crippen molar-refractivity contribution in [2.45, 2.75) is 51.5 Å². The fourth-order valence-electron chi connectivity index (χ4n) is 3.92. The first-order valence-corrected chi connectivity index (χ1v) is 9.58. The minimum absolute atomic E-state index is 0.0775. The summed E-state index contributed by atoms with van der Waals surface area (Å²) in [5.41, 5.74) is 1.78. The number of likely N-dealkylation sites (tertiary alicyclic amines) is 2. The van der Waals surface area contributed by atoms with E-state index in [2.05, 4.69) is 5.32 Å². The standard InChI is InChI=1S/C20H29N3O3/c1-15-8-9-18(26-2)17(14-15)21-20(25)23-12-4-3-6-16(23)10-13-22-11-5-7-19(22)24/h8-9,14,16H,3-7,10-13H2,1-2H3,(H,21,25)/t16-/m1/s1. The monoisotopic (exact) mass is 359 g/mol. The Kier molecular flexibility index (Phi) is 6.01. The second-order valence-corrected chi connectivity index (χ2v) is 7.25. The molecule has 1 aromatic carbocycles. The third kappa shape index (κ3) is 4.29. The zero-order valence-electron chi connectivity index (χ0n) is 15.8. The van der Waals surface area contributed by atoms with E-state index >= 15 is 0 Å². The average molecular weight is 359 g/mol. The smallest absolute Gasteiger partial charge is 0.322 e.